The number of nitrogens with one attached hydrogen (secondary N) is 2. The number of hydrogen-bond acceptors (Lipinski definition) is 5. The van der Waals surface area contributed by atoms with Crippen LogP contribution in [0.3, 0.4) is 0 Å². The molecular weight excluding hydrogens is 386 g/mol. The van der Waals surface area contributed by atoms with Gasteiger partial charge in [0.25, 0.3) is 5.56 Å². The molecule has 0 saturated carbocycles. The molecule has 4 aromatic rings. The first kappa shape index (κ1) is 19.1. The Morgan fingerprint density at radius 3 is 2.69 bits per heavy atom. The molecule has 2 N–H and O–H groups in total. The highest BCUT2D eigenvalue weighted by molar-refractivity contribution is 7.14. The highest BCUT2D eigenvalue weighted by Crippen LogP contribution is 2.29. The number of carbonyl (C=O) groups is 1. The standard InChI is InChI=1S/C21H21N5O2S/c1-11-7-13(3)15(8-12(11)2)17-10-29-21(24-17)25-19(27)9-16-14(4)23-18-5-6-22-26(18)20(16)28/h5-8,10,22H,9H2,1-4H3,(H,24,25,27). The van der Waals surface area contributed by atoms with Crippen LogP contribution in [0.25, 0.3) is 16.9 Å². The minimum atomic E-state index is -0.295. The number of rotatable bonds is 4. The Balaban J connectivity index is 1.55. The summed E-state index contributed by atoms with van der Waals surface area (Å²) in [5.41, 5.74) is 6.65. The predicted molar refractivity (Wildman–Crippen MR) is 115 cm³/mol. The Labute approximate surface area is 171 Å². The van der Waals surface area contributed by atoms with Crippen molar-refractivity contribution in [2.45, 2.75) is 34.1 Å². The number of anilines is 1. The first-order valence-corrected chi connectivity index (χ1v) is 10.1. The fourth-order valence-corrected chi connectivity index (χ4v) is 4.05. The van der Waals surface area contributed by atoms with Crippen LogP contribution in [0.2, 0.25) is 0 Å². The molecule has 0 bridgehead atoms. The van der Waals surface area contributed by atoms with Crippen LogP contribution in [0.5, 0.6) is 0 Å². The number of aromatic amines is 1. The molecule has 0 aliphatic carbocycles. The van der Waals surface area contributed by atoms with Crippen molar-refractivity contribution in [3.05, 3.63) is 68.1 Å². The van der Waals surface area contributed by atoms with Crippen LogP contribution in [0, 0.1) is 27.7 Å². The number of aryl methyl sites for hydroxylation is 4. The first-order chi connectivity index (χ1) is 13.8. The Morgan fingerprint density at radius 1 is 1.14 bits per heavy atom. The van der Waals surface area contributed by atoms with Gasteiger partial charge in [-0.15, -0.1) is 11.3 Å². The fourth-order valence-electron chi connectivity index (χ4n) is 3.32. The van der Waals surface area contributed by atoms with Gasteiger partial charge in [0.1, 0.15) is 0 Å². The zero-order chi connectivity index (χ0) is 20.7. The summed E-state index contributed by atoms with van der Waals surface area (Å²) in [6.45, 7) is 7.95. The number of nitrogens with zero attached hydrogens (tertiary/aromatic N) is 3. The van der Waals surface area contributed by atoms with Gasteiger partial charge in [-0.25, -0.2) is 14.5 Å². The lowest BCUT2D eigenvalue weighted by atomic mass is 9.99. The van der Waals surface area contributed by atoms with Gasteiger partial charge in [0.15, 0.2) is 10.8 Å². The van der Waals surface area contributed by atoms with Crippen molar-refractivity contribution >= 4 is 28.0 Å². The minimum absolute atomic E-state index is 0.0583. The molecule has 3 aromatic heterocycles. The van der Waals surface area contributed by atoms with E-state index in [0.29, 0.717) is 22.0 Å². The van der Waals surface area contributed by atoms with Crippen LogP contribution in [-0.4, -0.2) is 25.5 Å². The van der Waals surface area contributed by atoms with Crippen molar-refractivity contribution in [1.82, 2.24) is 19.6 Å². The number of aromatic nitrogens is 4. The molecule has 7 nitrogen and oxygen atoms in total. The number of benzene rings is 1. The average molecular weight is 407 g/mol. The lowest BCUT2D eigenvalue weighted by Crippen LogP contribution is -2.26. The SMILES string of the molecule is Cc1cc(C)c(-c2csc(NC(=O)Cc3c(C)nc4cc[nH]n4c3=O)n2)cc1C. The second-order valence-electron chi connectivity index (χ2n) is 7.15. The molecule has 0 unspecified atom stereocenters. The van der Waals surface area contributed by atoms with Crippen LogP contribution >= 0.6 is 11.3 Å². The molecule has 0 fully saturated rings. The molecule has 1 aromatic carbocycles. The van der Waals surface area contributed by atoms with Gasteiger partial charge in [-0.3, -0.25) is 14.7 Å². The topological polar surface area (TPSA) is 92.1 Å². The van der Waals surface area contributed by atoms with Gasteiger partial charge < -0.3 is 5.32 Å². The molecule has 0 atom stereocenters. The number of hydrogen-bond donors (Lipinski definition) is 2. The zero-order valence-electron chi connectivity index (χ0n) is 16.7. The van der Waals surface area contributed by atoms with Crippen LogP contribution in [0.15, 0.2) is 34.6 Å². The largest absolute Gasteiger partial charge is 0.302 e. The second kappa shape index (κ2) is 7.29. The molecule has 3 heterocycles. The van der Waals surface area contributed by atoms with Gasteiger partial charge in [0, 0.05) is 34.5 Å². The maximum Gasteiger partial charge on any atom is 0.276 e. The summed E-state index contributed by atoms with van der Waals surface area (Å²) in [7, 11) is 0. The first-order valence-electron chi connectivity index (χ1n) is 9.22. The minimum Gasteiger partial charge on any atom is -0.302 e. The summed E-state index contributed by atoms with van der Waals surface area (Å²) in [6, 6.07) is 5.97. The van der Waals surface area contributed by atoms with Crippen LogP contribution in [0.1, 0.15) is 27.9 Å². The van der Waals surface area contributed by atoms with E-state index in [-0.39, 0.29) is 17.9 Å². The Bertz CT molecular complexity index is 1300. The molecule has 4 rings (SSSR count). The number of H-pyrrole nitrogens is 1. The van der Waals surface area contributed by atoms with E-state index in [2.05, 4.69) is 53.3 Å². The summed E-state index contributed by atoms with van der Waals surface area (Å²) < 4.78 is 1.33. The average Bonchev–Trinajstić information content (AvgIpc) is 3.31. The van der Waals surface area contributed by atoms with E-state index in [0.717, 1.165) is 16.8 Å². The molecule has 148 valence electrons. The highest BCUT2D eigenvalue weighted by Gasteiger charge is 2.16. The van der Waals surface area contributed by atoms with E-state index in [4.69, 9.17) is 0 Å². The van der Waals surface area contributed by atoms with E-state index in [1.807, 2.05) is 5.38 Å². The lowest BCUT2D eigenvalue weighted by Gasteiger charge is -2.07. The summed E-state index contributed by atoms with van der Waals surface area (Å²) >= 11 is 1.37. The number of fused-ring (bicyclic) bond motifs is 1. The van der Waals surface area contributed by atoms with E-state index < -0.39 is 0 Å². The lowest BCUT2D eigenvalue weighted by molar-refractivity contribution is -0.115. The van der Waals surface area contributed by atoms with Gasteiger partial charge >= 0.3 is 0 Å². The third-order valence-corrected chi connectivity index (χ3v) is 5.81. The van der Waals surface area contributed by atoms with Gasteiger partial charge in [0.2, 0.25) is 5.91 Å². The van der Waals surface area contributed by atoms with Gasteiger partial charge in [-0.05, 0) is 50.5 Å². The van der Waals surface area contributed by atoms with E-state index in [1.54, 1.807) is 19.2 Å². The van der Waals surface area contributed by atoms with Crippen LogP contribution in [0.4, 0.5) is 5.13 Å². The molecule has 0 radical (unpaired) electrons. The van der Waals surface area contributed by atoms with Crippen molar-refractivity contribution < 1.29 is 4.79 Å². The summed E-state index contributed by atoms with van der Waals surface area (Å²) in [6.07, 6.45) is 1.58. The number of amides is 1. The van der Waals surface area contributed by atoms with E-state index in [1.165, 1.54) is 27.0 Å². The van der Waals surface area contributed by atoms with E-state index in [9.17, 15) is 9.59 Å². The quantitative estimate of drug-likeness (QED) is 0.541. The molecule has 0 aliphatic heterocycles. The van der Waals surface area contributed by atoms with Crippen molar-refractivity contribution in [1.29, 1.82) is 0 Å². The summed E-state index contributed by atoms with van der Waals surface area (Å²) in [5.74, 6) is -0.295. The highest BCUT2D eigenvalue weighted by atomic mass is 32.1. The predicted octanol–water partition coefficient (Wildman–Crippen LogP) is 3.56. The smallest absolute Gasteiger partial charge is 0.276 e. The number of carbonyl (C=O) groups excluding carboxylic acids is 1. The molecule has 0 spiro atoms. The number of thiazole rings is 1. The molecule has 0 aliphatic rings. The third kappa shape index (κ3) is 3.58. The van der Waals surface area contributed by atoms with Crippen molar-refractivity contribution in [2.75, 3.05) is 5.32 Å². The maximum atomic E-state index is 12.6. The van der Waals surface area contributed by atoms with Gasteiger partial charge in [-0.1, -0.05) is 6.07 Å². The molecule has 8 heteroatoms. The van der Waals surface area contributed by atoms with Crippen LogP contribution < -0.4 is 10.9 Å². The zero-order valence-corrected chi connectivity index (χ0v) is 17.5. The van der Waals surface area contributed by atoms with E-state index >= 15 is 0 Å². The fraction of sp³-hybridized carbons (Fsp3) is 0.238. The Morgan fingerprint density at radius 2 is 1.90 bits per heavy atom. The second-order valence-corrected chi connectivity index (χ2v) is 8.01. The molecule has 1 amide bonds. The van der Waals surface area contributed by atoms with Crippen molar-refractivity contribution in [3.63, 3.8) is 0 Å². The Hall–Kier alpha value is -3.26. The van der Waals surface area contributed by atoms with Gasteiger partial charge in [0.05, 0.1) is 12.1 Å². The maximum absolute atomic E-state index is 12.6. The molecular formula is C21H21N5O2S. The normalized spacial score (nSPS) is 11.2. The molecule has 0 saturated heterocycles. The summed E-state index contributed by atoms with van der Waals surface area (Å²) in [4.78, 5) is 34.1. The molecule has 29 heavy (non-hydrogen) atoms. The Kier molecular flexibility index (Phi) is 4.79. The summed E-state index contributed by atoms with van der Waals surface area (Å²) in [5, 5.41) is 8.06. The van der Waals surface area contributed by atoms with Crippen molar-refractivity contribution in [3.8, 4) is 11.3 Å². The monoisotopic (exact) mass is 407 g/mol. The third-order valence-electron chi connectivity index (χ3n) is 5.05. The van der Waals surface area contributed by atoms with Crippen molar-refractivity contribution in [2.24, 2.45) is 0 Å². The van der Waals surface area contributed by atoms with Crippen LogP contribution in [-0.2, 0) is 11.2 Å². The van der Waals surface area contributed by atoms with Gasteiger partial charge in [-0.2, -0.15) is 0 Å².